The number of benzene rings is 2. The van der Waals surface area contributed by atoms with Gasteiger partial charge in [-0.05, 0) is 49.6 Å². The van der Waals surface area contributed by atoms with Crippen molar-refractivity contribution in [3.8, 4) is 22.9 Å². The molecule has 2 aromatic heterocycles. The molecule has 166 valence electrons. The number of nitrogens with zero attached hydrogens (tertiary/aromatic N) is 4. The molecule has 1 aliphatic heterocycles. The van der Waals surface area contributed by atoms with E-state index in [0.717, 1.165) is 47.0 Å². The van der Waals surface area contributed by atoms with Gasteiger partial charge in [0, 0.05) is 35.6 Å². The number of hydrogen-bond acceptors (Lipinski definition) is 6. The molecule has 1 saturated heterocycles. The van der Waals surface area contributed by atoms with Crippen LogP contribution in [0.1, 0.15) is 25.3 Å². The fraction of sp³-hybridized carbons (Fsp3) is 0.231. The summed E-state index contributed by atoms with van der Waals surface area (Å²) in [5, 5.41) is 1.91. The highest BCUT2D eigenvalue weighted by Gasteiger charge is 2.32. The molecular formula is C26H25N5O2. The molecule has 7 nitrogen and oxygen atoms in total. The van der Waals surface area contributed by atoms with Crippen molar-refractivity contribution >= 4 is 28.3 Å². The van der Waals surface area contributed by atoms with Crippen LogP contribution in [0.5, 0.6) is 11.6 Å². The number of pyridine rings is 1. The first-order chi connectivity index (χ1) is 16.1. The topological polar surface area (TPSA) is 94.2 Å². The smallest absolute Gasteiger partial charge is 0.230 e. The van der Waals surface area contributed by atoms with Gasteiger partial charge in [0.2, 0.25) is 17.7 Å². The summed E-state index contributed by atoms with van der Waals surface area (Å²) in [7, 11) is 0. The van der Waals surface area contributed by atoms with Crippen LogP contribution in [0.2, 0.25) is 0 Å². The van der Waals surface area contributed by atoms with E-state index in [9.17, 15) is 4.79 Å². The second-order valence-corrected chi connectivity index (χ2v) is 8.23. The van der Waals surface area contributed by atoms with E-state index in [0.29, 0.717) is 17.3 Å². The van der Waals surface area contributed by atoms with Crippen molar-refractivity contribution in [3.63, 3.8) is 0 Å². The molecule has 0 saturated carbocycles. The normalized spacial score (nSPS) is 15.9. The molecule has 7 heteroatoms. The number of ether oxygens (including phenoxy) is 1. The average molecular weight is 440 g/mol. The SMILES string of the molecule is CCC1CCN(c2cc(C)c(Oc3ncccc3-c3ccnc(N)n3)c3ccccc23)C1=O. The van der Waals surface area contributed by atoms with Crippen molar-refractivity contribution in [1.29, 1.82) is 0 Å². The van der Waals surface area contributed by atoms with Crippen molar-refractivity contribution in [2.45, 2.75) is 26.7 Å². The maximum Gasteiger partial charge on any atom is 0.230 e. The monoisotopic (exact) mass is 439 g/mol. The van der Waals surface area contributed by atoms with Crippen LogP contribution in [0.25, 0.3) is 22.0 Å². The third-order valence-corrected chi connectivity index (χ3v) is 6.18. The lowest BCUT2D eigenvalue weighted by atomic mass is 10.0. The van der Waals surface area contributed by atoms with E-state index in [-0.39, 0.29) is 17.8 Å². The molecule has 1 fully saturated rings. The Balaban J connectivity index is 1.61. The number of amides is 1. The number of aromatic nitrogens is 3. The number of nitrogen functional groups attached to an aromatic ring is 1. The molecule has 4 aromatic rings. The second kappa shape index (κ2) is 8.50. The Morgan fingerprint density at radius 2 is 1.91 bits per heavy atom. The fourth-order valence-corrected chi connectivity index (χ4v) is 4.47. The van der Waals surface area contributed by atoms with Gasteiger partial charge < -0.3 is 15.4 Å². The maximum atomic E-state index is 13.0. The lowest BCUT2D eigenvalue weighted by Crippen LogP contribution is -2.27. The molecule has 0 spiro atoms. The third-order valence-electron chi connectivity index (χ3n) is 6.18. The first kappa shape index (κ1) is 20.9. The quantitative estimate of drug-likeness (QED) is 0.463. The number of anilines is 2. The van der Waals surface area contributed by atoms with E-state index in [2.05, 4.69) is 21.9 Å². The van der Waals surface area contributed by atoms with E-state index < -0.39 is 0 Å². The number of carbonyl (C=O) groups is 1. The molecule has 33 heavy (non-hydrogen) atoms. The first-order valence-corrected chi connectivity index (χ1v) is 11.1. The van der Waals surface area contributed by atoms with Gasteiger partial charge >= 0.3 is 0 Å². The second-order valence-electron chi connectivity index (χ2n) is 8.23. The Labute approximate surface area is 192 Å². The first-order valence-electron chi connectivity index (χ1n) is 11.1. The largest absolute Gasteiger partial charge is 0.437 e. The Hall–Kier alpha value is -4.00. The van der Waals surface area contributed by atoms with Crippen molar-refractivity contribution in [1.82, 2.24) is 15.0 Å². The minimum absolute atomic E-state index is 0.0939. The number of fused-ring (bicyclic) bond motifs is 1. The molecule has 2 aromatic carbocycles. The minimum Gasteiger partial charge on any atom is -0.437 e. The van der Waals surface area contributed by atoms with Gasteiger partial charge in [0.25, 0.3) is 0 Å². The van der Waals surface area contributed by atoms with E-state index in [1.807, 2.05) is 54.3 Å². The molecule has 1 unspecified atom stereocenters. The van der Waals surface area contributed by atoms with E-state index >= 15 is 0 Å². The van der Waals surface area contributed by atoms with Gasteiger partial charge in [0.15, 0.2) is 0 Å². The zero-order valence-corrected chi connectivity index (χ0v) is 18.7. The maximum absolute atomic E-state index is 13.0. The van der Waals surface area contributed by atoms with Crippen molar-refractivity contribution in [2.75, 3.05) is 17.2 Å². The summed E-state index contributed by atoms with van der Waals surface area (Å²) < 4.78 is 6.42. The molecule has 0 radical (unpaired) electrons. The standard InChI is InChI=1S/C26H25N5O2/c1-3-17-11-14-31(25(17)32)22-15-16(2)23(19-8-5-4-7-18(19)22)33-24-20(9-6-12-28-24)21-10-13-29-26(27)30-21/h4-10,12-13,15,17H,3,11,14H2,1-2H3,(H2,27,29,30). The van der Waals surface area contributed by atoms with Crippen LogP contribution in [0, 0.1) is 12.8 Å². The molecule has 0 aliphatic carbocycles. The number of hydrogen-bond donors (Lipinski definition) is 1. The van der Waals surface area contributed by atoms with Gasteiger partial charge in [-0.2, -0.15) is 0 Å². The molecule has 1 atom stereocenters. The summed E-state index contributed by atoms with van der Waals surface area (Å²) in [5.41, 5.74) is 9.01. The van der Waals surface area contributed by atoms with E-state index in [1.54, 1.807) is 18.5 Å². The summed E-state index contributed by atoms with van der Waals surface area (Å²) in [4.78, 5) is 27.6. The number of rotatable bonds is 5. The Morgan fingerprint density at radius 1 is 1.09 bits per heavy atom. The van der Waals surface area contributed by atoms with Crippen molar-refractivity contribution in [3.05, 3.63) is 66.5 Å². The molecule has 3 heterocycles. The van der Waals surface area contributed by atoms with Crippen molar-refractivity contribution in [2.24, 2.45) is 5.92 Å². The summed E-state index contributed by atoms with van der Waals surface area (Å²) in [6.45, 7) is 4.80. The summed E-state index contributed by atoms with van der Waals surface area (Å²) in [5.74, 6) is 1.62. The number of aryl methyl sites for hydroxylation is 1. The molecule has 5 rings (SSSR count). The van der Waals surface area contributed by atoms with Crippen LogP contribution in [0.15, 0.2) is 60.9 Å². The fourth-order valence-electron chi connectivity index (χ4n) is 4.47. The predicted molar refractivity (Wildman–Crippen MR) is 129 cm³/mol. The molecule has 2 N–H and O–H groups in total. The molecule has 1 amide bonds. The third kappa shape index (κ3) is 3.75. The summed E-state index contributed by atoms with van der Waals surface area (Å²) in [6.07, 6.45) is 5.05. The van der Waals surface area contributed by atoms with Gasteiger partial charge in [-0.1, -0.05) is 31.2 Å². The van der Waals surface area contributed by atoms with Gasteiger partial charge in [-0.15, -0.1) is 0 Å². The van der Waals surface area contributed by atoms with Crippen LogP contribution in [-0.2, 0) is 4.79 Å². The average Bonchev–Trinajstić information content (AvgIpc) is 3.21. The highest BCUT2D eigenvalue weighted by molar-refractivity contribution is 6.07. The molecular weight excluding hydrogens is 414 g/mol. The Kier molecular flexibility index (Phi) is 5.38. The Morgan fingerprint density at radius 3 is 2.67 bits per heavy atom. The zero-order chi connectivity index (χ0) is 22.9. The highest BCUT2D eigenvalue weighted by Crippen LogP contribution is 2.42. The Bertz CT molecular complexity index is 1350. The number of carbonyl (C=O) groups excluding carboxylic acids is 1. The van der Waals surface area contributed by atoms with Crippen LogP contribution >= 0.6 is 0 Å². The van der Waals surface area contributed by atoms with Gasteiger partial charge in [0.1, 0.15) is 5.75 Å². The zero-order valence-electron chi connectivity index (χ0n) is 18.7. The van der Waals surface area contributed by atoms with Gasteiger partial charge in [0.05, 0.1) is 16.9 Å². The molecule has 1 aliphatic rings. The van der Waals surface area contributed by atoms with Crippen LogP contribution in [-0.4, -0.2) is 27.4 Å². The summed E-state index contributed by atoms with van der Waals surface area (Å²) >= 11 is 0. The van der Waals surface area contributed by atoms with Crippen LogP contribution in [0.3, 0.4) is 0 Å². The van der Waals surface area contributed by atoms with Gasteiger partial charge in [-0.3, -0.25) is 4.79 Å². The van der Waals surface area contributed by atoms with Crippen molar-refractivity contribution < 1.29 is 9.53 Å². The lowest BCUT2D eigenvalue weighted by molar-refractivity contribution is -0.120. The molecule has 0 bridgehead atoms. The van der Waals surface area contributed by atoms with E-state index in [1.165, 1.54) is 0 Å². The van der Waals surface area contributed by atoms with Crippen LogP contribution < -0.4 is 15.4 Å². The number of nitrogens with two attached hydrogens (primary N) is 1. The van der Waals surface area contributed by atoms with Crippen LogP contribution in [0.4, 0.5) is 11.6 Å². The van der Waals surface area contributed by atoms with E-state index in [4.69, 9.17) is 10.5 Å². The highest BCUT2D eigenvalue weighted by atomic mass is 16.5. The minimum atomic E-state index is 0.0939. The lowest BCUT2D eigenvalue weighted by Gasteiger charge is -2.22. The predicted octanol–water partition coefficient (Wildman–Crippen LogP) is 5.14. The summed E-state index contributed by atoms with van der Waals surface area (Å²) in [6, 6.07) is 15.6. The van der Waals surface area contributed by atoms with Gasteiger partial charge in [-0.25, -0.2) is 15.0 Å².